The summed E-state index contributed by atoms with van der Waals surface area (Å²) in [5.41, 5.74) is 0. The molecule has 0 aromatic carbocycles. The van der Waals surface area contributed by atoms with Crippen LogP contribution in [0, 0.1) is 0 Å². The molecule has 100 valence electrons. The van der Waals surface area contributed by atoms with Crippen LogP contribution >= 0.6 is 21.8 Å². The zero-order valence-corrected chi connectivity index (χ0v) is 12.6. The van der Waals surface area contributed by atoms with E-state index in [0.717, 1.165) is 11.7 Å². The molecule has 3 rings (SSSR count). The fourth-order valence-corrected chi connectivity index (χ4v) is 5.10. The van der Waals surface area contributed by atoms with Crippen LogP contribution in [0.15, 0.2) is 4.52 Å². The Morgan fingerprint density at radius 3 is 2.89 bits per heavy atom. The number of rotatable bonds is 4. The van der Waals surface area contributed by atoms with E-state index in [0.29, 0.717) is 23.9 Å². The van der Waals surface area contributed by atoms with E-state index in [1.807, 2.05) is 21.8 Å². The maximum absolute atomic E-state index is 5.49. The Morgan fingerprint density at radius 1 is 1.39 bits per heavy atom. The van der Waals surface area contributed by atoms with Crippen molar-refractivity contribution in [2.24, 2.45) is 0 Å². The van der Waals surface area contributed by atoms with Gasteiger partial charge in [-0.25, -0.2) is 4.31 Å². The molecule has 0 saturated carbocycles. The Balaban J connectivity index is 1.77. The normalized spacial score (nSPS) is 31.7. The molecule has 0 amide bonds. The fourth-order valence-electron chi connectivity index (χ4n) is 3.04. The number of nitrogens with zero attached hydrogens (tertiary/aromatic N) is 3. The van der Waals surface area contributed by atoms with Crippen LogP contribution in [0.1, 0.15) is 56.7 Å². The summed E-state index contributed by atoms with van der Waals surface area (Å²) in [7, 11) is 3.72. The minimum atomic E-state index is 0.345. The summed E-state index contributed by atoms with van der Waals surface area (Å²) in [4.78, 5) is 4.58. The van der Waals surface area contributed by atoms with Gasteiger partial charge in [-0.3, -0.25) is 0 Å². The van der Waals surface area contributed by atoms with Gasteiger partial charge in [-0.05, 0) is 36.5 Å². The summed E-state index contributed by atoms with van der Waals surface area (Å²) in [6, 6.07) is 1.29. The first-order valence-electron chi connectivity index (χ1n) is 6.53. The lowest BCUT2D eigenvalue weighted by Crippen LogP contribution is -2.22. The third-order valence-electron chi connectivity index (χ3n) is 3.92. The Labute approximate surface area is 116 Å². The maximum atomic E-state index is 5.49. The molecule has 0 aliphatic carbocycles. The van der Waals surface area contributed by atoms with E-state index in [9.17, 15) is 0 Å². The van der Waals surface area contributed by atoms with Gasteiger partial charge in [0.1, 0.15) is 0 Å². The molecule has 1 aromatic heterocycles. The van der Waals surface area contributed by atoms with Crippen molar-refractivity contribution in [2.75, 3.05) is 6.26 Å². The smallest absolute Gasteiger partial charge is 0.231 e. The van der Waals surface area contributed by atoms with Gasteiger partial charge in [0, 0.05) is 18.0 Å². The first kappa shape index (κ1) is 12.8. The van der Waals surface area contributed by atoms with Gasteiger partial charge in [-0.2, -0.15) is 4.98 Å². The molecule has 3 heterocycles. The SMILES string of the molecule is CSSN1C2CCC1C(c1nc(C(C)C)no1)C2. The summed E-state index contributed by atoms with van der Waals surface area (Å²) in [6.45, 7) is 4.20. The van der Waals surface area contributed by atoms with Crippen molar-refractivity contribution in [1.29, 1.82) is 0 Å². The minimum absolute atomic E-state index is 0.345. The van der Waals surface area contributed by atoms with Crippen LogP contribution in [0.4, 0.5) is 0 Å². The van der Waals surface area contributed by atoms with Crippen LogP contribution in [0.25, 0.3) is 0 Å². The lowest BCUT2D eigenvalue weighted by atomic mass is 9.89. The summed E-state index contributed by atoms with van der Waals surface area (Å²) in [5.74, 6) is 2.50. The maximum Gasteiger partial charge on any atom is 0.231 e. The van der Waals surface area contributed by atoms with E-state index in [4.69, 9.17) is 4.52 Å². The van der Waals surface area contributed by atoms with Gasteiger partial charge in [0.15, 0.2) is 5.82 Å². The first-order chi connectivity index (χ1) is 8.70. The van der Waals surface area contributed by atoms with Crippen molar-refractivity contribution >= 4 is 21.8 Å². The van der Waals surface area contributed by atoms with Crippen molar-refractivity contribution < 1.29 is 4.52 Å². The molecule has 0 spiro atoms. The van der Waals surface area contributed by atoms with Gasteiger partial charge >= 0.3 is 0 Å². The van der Waals surface area contributed by atoms with Gasteiger partial charge in [0.2, 0.25) is 5.89 Å². The second-order valence-corrected chi connectivity index (χ2v) is 7.74. The predicted octanol–water partition coefficient (Wildman–Crippen LogP) is 3.44. The highest BCUT2D eigenvalue weighted by atomic mass is 33.1. The highest BCUT2D eigenvalue weighted by Gasteiger charge is 2.49. The summed E-state index contributed by atoms with van der Waals surface area (Å²) in [5, 5.41) is 4.10. The number of hydrogen-bond donors (Lipinski definition) is 0. The molecule has 3 unspecified atom stereocenters. The van der Waals surface area contributed by atoms with E-state index >= 15 is 0 Å². The second-order valence-electron chi connectivity index (χ2n) is 5.39. The van der Waals surface area contributed by atoms with Crippen LogP contribution in [0.3, 0.4) is 0 Å². The molecule has 4 nitrogen and oxygen atoms in total. The molecule has 2 aliphatic heterocycles. The predicted molar refractivity (Wildman–Crippen MR) is 75.5 cm³/mol. The topological polar surface area (TPSA) is 42.2 Å². The quantitative estimate of drug-likeness (QED) is 0.623. The molecular formula is C12H19N3OS2. The van der Waals surface area contributed by atoms with Gasteiger partial charge < -0.3 is 4.52 Å². The van der Waals surface area contributed by atoms with Crippen LogP contribution in [-0.4, -0.2) is 32.8 Å². The molecule has 6 heteroatoms. The van der Waals surface area contributed by atoms with Crippen molar-refractivity contribution in [1.82, 2.24) is 14.4 Å². The molecule has 2 fully saturated rings. The Hall–Kier alpha value is -0.200. The van der Waals surface area contributed by atoms with E-state index in [-0.39, 0.29) is 0 Å². The average molecular weight is 285 g/mol. The summed E-state index contributed by atoms with van der Waals surface area (Å²) >= 11 is 0. The molecule has 0 radical (unpaired) electrons. The van der Waals surface area contributed by atoms with Gasteiger partial charge in [0.25, 0.3) is 0 Å². The zero-order valence-electron chi connectivity index (χ0n) is 11.0. The Morgan fingerprint density at radius 2 is 2.22 bits per heavy atom. The van der Waals surface area contributed by atoms with Crippen molar-refractivity contribution in [3.05, 3.63) is 11.7 Å². The van der Waals surface area contributed by atoms with Crippen molar-refractivity contribution in [2.45, 2.75) is 57.0 Å². The van der Waals surface area contributed by atoms with E-state index < -0.39 is 0 Å². The molecule has 1 aromatic rings. The minimum Gasteiger partial charge on any atom is -0.339 e. The van der Waals surface area contributed by atoms with Crippen LogP contribution < -0.4 is 0 Å². The Kier molecular flexibility index (Phi) is 3.60. The Bertz CT molecular complexity index is 423. The largest absolute Gasteiger partial charge is 0.339 e. The summed E-state index contributed by atoms with van der Waals surface area (Å²) in [6.07, 6.45) is 5.90. The van der Waals surface area contributed by atoms with Gasteiger partial charge in [-0.15, -0.1) is 0 Å². The molecule has 2 aliphatic rings. The average Bonchev–Trinajstić information content (AvgIpc) is 3.03. The molecule has 3 atom stereocenters. The molecule has 2 saturated heterocycles. The lowest BCUT2D eigenvalue weighted by Gasteiger charge is -2.19. The fraction of sp³-hybridized carbons (Fsp3) is 0.833. The standard InChI is InChI=1S/C12H19N3OS2/c1-7(2)11-13-12(16-14-11)9-6-8-4-5-10(9)15(8)18-17-3/h7-10H,4-6H2,1-3H3. The monoisotopic (exact) mass is 285 g/mol. The van der Waals surface area contributed by atoms with E-state index in [1.165, 1.54) is 19.3 Å². The van der Waals surface area contributed by atoms with Crippen molar-refractivity contribution in [3.8, 4) is 0 Å². The molecular weight excluding hydrogens is 266 g/mol. The zero-order chi connectivity index (χ0) is 12.7. The first-order valence-corrected chi connectivity index (χ1v) is 9.04. The van der Waals surface area contributed by atoms with Crippen LogP contribution in [0.2, 0.25) is 0 Å². The third kappa shape index (κ3) is 2.08. The van der Waals surface area contributed by atoms with Crippen LogP contribution in [-0.2, 0) is 0 Å². The van der Waals surface area contributed by atoms with E-state index in [1.54, 1.807) is 0 Å². The number of aromatic nitrogens is 2. The van der Waals surface area contributed by atoms with Crippen LogP contribution in [0.5, 0.6) is 0 Å². The third-order valence-corrected chi connectivity index (χ3v) is 5.78. The van der Waals surface area contributed by atoms with Gasteiger partial charge in [-0.1, -0.05) is 29.8 Å². The molecule has 18 heavy (non-hydrogen) atoms. The highest BCUT2D eigenvalue weighted by molar-refractivity contribution is 8.75. The van der Waals surface area contributed by atoms with Gasteiger partial charge in [0.05, 0.1) is 5.92 Å². The second kappa shape index (κ2) is 5.06. The summed E-state index contributed by atoms with van der Waals surface area (Å²) < 4.78 is 8.04. The highest BCUT2D eigenvalue weighted by Crippen LogP contribution is 2.51. The number of hydrogen-bond acceptors (Lipinski definition) is 6. The molecule has 0 N–H and O–H groups in total. The lowest BCUT2D eigenvalue weighted by molar-refractivity contribution is 0.320. The molecule has 2 bridgehead atoms. The van der Waals surface area contributed by atoms with Crippen molar-refractivity contribution in [3.63, 3.8) is 0 Å². The van der Waals surface area contributed by atoms with E-state index in [2.05, 4.69) is 34.5 Å². The number of fused-ring (bicyclic) bond motifs is 2.